The van der Waals surface area contributed by atoms with Gasteiger partial charge < -0.3 is 10.2 Å². The number of benzene rings is 2. The van der Waals surface area contributed by atoms with Crippen LogP contribution in [-0.4, -0.2) is 33.5 Å². The number of aromatic nitrogens is 2. The van der Waals surface area contributed by atoms with Crippen molar-refractivity contribution in [2.24, 2.45) is 0 Å². The van der Waals surface area contributed by atoms with Gasteiger partial charge in [0.1, 0.15) is 5.69 Å². The van der Waals surface area contributed by atoms with Crippen LogP contribution >= 0.6 is 0 Å². The van der Waals surface area contributed by atoms with E-state index in [2.05, 4.69) is 10.4 Å². The van der Waals surface area contributed by atoms with Gasteiger partial charge in [0.2, 0.25) is 0 Å². The molecule has 1 atom stereocenters. The van der Waals surface area contributed by atoms with Crippen molar-refractivity contribution < 1.29 is 9.59 Å². The van der Waals surface area contributed by atoms with Crippen molar-refractivity contribution >= 4 is 17.5 Å². The molecule has 0 bridgehead atoms. The second kappa shape index (κ2) is 9.84. The van der Waals surface area contributed by atoms with E-state index in [4.69, 9.17) is 0 Å². The Labute approximate surface area is 181 Å². The molecular formula is C24H26N4O3. The first-order valence-corrected chi connectivity index (χ1v) is 10.2. The number of hydrogen-bond acceptors (Lipinski definition) is 4. The van der Waals surface area contributed by atoms with Crippen molar-refractivity contribution in [1.82, 2.24) is 14.7 Å². The fraction of sp³-hybridized carbons (Fsp3) is 0.250. The lowest BCUT2D eigenvalue weighted by molar-refractivity contribution is 0.0733. The molecule has 31 heavy (non-hydrogen) atoms. The molecule has 0 radical (unpaired) electrons. The zero-order valence-corrected chi connectivity index (χ0v) is 17.9. The fourth-order valence-corrected chi connectivity index (χ4v) is 3.18. The van der Waals surface area contributed by atoms with Crippen LogP contribution in [0.5, 0.6) is 0 Å². The molecule has 1 heterocycles. The molecule has 2 amide bonds. The van der Waals surface area contributed by atoms with Crippen LogP contribution in [0.3, 0.4) is 0 Å². The van der Waals surface area contributed by atoms with Crippen LogP contribution in [-0.2, 0) is 6.54 Å². The number of amides is 2. The second-order valence-corrected chi connectivity index (χ2v) is 7.32. The van der Waals surface area contributed by atoms with Crippen LogP contribution < -0.4 is 10.9 Å². The van der Waals surface area contributed by atoms with E-state index in [1.165, 1.54) is 16.8 Å². The number of nitrogens with one attached hydrogen (secondary N) is 1. The van der Waals surface area contributed by atoms with Crippen molar-refractivity contribution in [2.75, 3.05) is 12.4 Å². The largest absolute Gasteiger partial charge is 0.334 e. The molecule has 0 aliphatic carbocycles. The highest BCUT2D eigenvalue weighted by molar-refractivity contribution is 6.04. The molecule has 3 aromatic rings. The maximum atomic E-state index is 13.0. The summed E-state index contributed by atoms with van der Waals surface area (Å²) in [6.45, 7) is 4.31. The third-order valence-corrected chi connectivity index (χ3v) is 5.09. The van der Waals surface area contributed by atoms with Gasteiger partial charge in [0, 0.05) is 30.9 Å². The molecule has 3 rings (SSSR count). The lowest BCUT2D eigenvalue weighted by Gasteiger charge is -2.25. The van der Waals surface area contributed by atoms with Crippen LogP contribution in [0.1, 0.15) is 52.7 Å². The quantitative estimate of drug-likeness (QED) is 0.634. The third-order valence-electron chi connectivity index (χ3n) is 5.09. The molecule has 0 saturated carbocycles. The van der Waals surface area contributed by atoms with Crippen molar-refractivity contribution in [3.63, 3.8) is 0 Å². The predicted molar refractivity (Wildman–Crippen MR) is 120 cm³/mol. The average Bonchev–Trinajstić information content (AvgIpc) is 2.80. The number of aryl methyl sites for hydroxylation is 1. The Hall–Kier alpha value is -3.74. The van der Waals surface area contributed by atoms with Gasteiger partial charge in [-0.2, -0.15) is 5.10 Å². The fourth-order valence-electron chi connectivity index (χ4n) is 3.18. The Kier molecular flexibility index (Phi) is 6.97. The molecule has 7 nitrogen and oxygen atoms in total. The Bertz CT molecular complexity index is 1120. The van der Waals surface area contributed by atoms with Crippen LogP contribution in [0, 0.1) is 0 Å². The first-order chi connectivity index (χ1) is 14.9. The monoisotopic (exact) mass is 418 g/mol. The van der Waals surface area contributed by atoms with Gasteiger partial charge in [-0.25, -0.2) is 4.68 Å². The summed E-state index contributed by atoms with van der Waals surface area (Å²) in [5.74, 6) is -0.478. The molecule has 1 N–H and O–H groups in total. The molecule has 0 fully saturated rings. The molecular weight excluding hydrogens is 392 g/mol. The molecule has 1 unspecified atom stereocenters. The predicted octanol–water partition coefficient (Wildman–Crippen LogP) is 3.74. The van der Waals surface area contributed by atoms with Gasteiger partial charge in [-0.1, -0.05) is 37.3 Å². The minimum atomic E-state index is -0.281. The smallest absolute Gasteiger partial charge is 0.274 e. The minimum Gasteiger partial charge on any atom is -0.334 e. The molecule has 1 aromatic heterocycles. The van der Waals surface area contributed by atoms with Gasteiger partial charge >= 0.3 is 0 Å². The van der Waals surface area contributed by atoms with E-state index < -0.39 is 0 Å². The Balaban J connectivity index is 1.76. The van der Waals surface area contributed by atoms with Gasteiger partial charge in [0.25, 0.3) is 17.4 Å². The maximum Gasteiger partial charge on any atom is 0.274 e. The lowest BCUT2D eigenvalue weighted by atomic mass is 10.1. The number of carbonyl (C=O) groups is 2. The molecule has 2 aromatic carbocycles. The second-order valence-electron chi connectivity index (χ2n) is 7.32. The topological polar surface area (TPSA) is 84.3 Å². The molecule has 0 saturated heterocycles. The van der Waals surface area contributed by atoms with Gasteiger partial charge in [-0.3, -0.25) is 14.4 Å². The molecule has 0 spiro atoms. The van der Waals surface area contributed by atoms with Gasteiger partial charge in [-0.05, 0) is 49.2 Å². The van der Waals surface area contributed by atoms with Crippen LogP contribution in [0.2, 0.25) is 0 Å². The van der Waals surface area contributed by atoms with Crippen molar-refractivity contribution in [1.29, 1.82) is 0 Å². The average molecular weight is 418 g/mol. The number of hydrogen-bond donors (Lipinski definition) is 1. The molecule has 0 aliphatic rings. The molecule has 7 heteroatoms. The zero-order valence-electron chi connectivity index (χ0n) is 17.9. The summed E-state index contributed by atoms with van der Waals surface area (Å²) >= 11 is 0. The highest BCUT2D eigenvalue weighted by Gasteiger charge is 2.21. The molecule has 160 valence electrons. The summed E-state index contributed by atoms with van der Waals surface area (Å²) in [6, 6.07) is 18.9. The SMILES string of the molecule is CCCn1nc(C(=O)N(C)C(C)c2cccc(NC(=O)c3ccccc3)c2)ccc1=O. The summed E-state index contributed by atoms with van der Waals surface area (Å²) in [7, 11) is 1.69. The van der Waals surface area contributed by atoms with Crippen molar-refractivity contribution in [3.8, 4) is 0 Å². The number of anilines is 1. The van der Waals surface area contributed by atoms with E-state index in [0.29, 0.717) is 17.8 Å². The van der Waals surface area contributed by atoms with E-state index in [1.54, 1.807) is 30.1 Å². The molecule has 0 aliphatic heterocycles. The third kappa shape index (κ3) is 5.25. The van der Waals surface area contributed by atoms with E-state index in [-0.39, 0.29) is 29.1 Å². The van der Waals surface area contributed by atoms with Crippen molar-refractivity contribution in [3.05, 3.63) is 93.9 Å². The van der Waals surface area contributed by atoms with Crippen LogP contribution in [0.4, 0.5) is 5.69 Å². The Morgan fingerprint density at radius 3 is 2.52 bits per heavy atom. The Morgan fingerprint density at radius 2 is 1.81 bits per heavy atom. The summed E-state index contributed by atoms with van der Waals surface area (Å²) in [6.07, 6.45) is 0.748. The lowest BCUT2D eigenvalue weighted by Crippen LogP contribution is -2.33. The van der Waals surface area contributed by atoms with E-state index in [1.807, 2.05) is 50.2 Å². The normalized spacial score (nSPS) is 11.6. The zero-order chi connectivity index (χ0) is 22.4. The highest BCUT2D eigenvalue weighted by atomic mass is 16.2. The summed E-state index contributed by atoms with van der Waals surface area (Å²) in [5, 5.41) is 7.09. The number of carbonyl (C=O) groups excluding carboxylic acids is 2. The standard InChI is InChI=1S/C24H26N4O3/c1-4-15-28-22(29)14-13-21(26-28)24(31)27(3)17(2)19-11-8-12-20(16-19)25-23(30)18-9-6-5-7-10-18/h5-14,16-17H,4,15H2,1-3H3,(H,25,30). The summed E-state index contributed by atoms with van der Waals surface area (Å²) in [5.41, 5.74) is 2.07. The first kappa shape index (κ1) is 22.0. The minimum absolute atomic E-state index is 0.197. The van der Waals surface area contributed by atoms with Crippen LogP contribution in [0.25, 0.3) is 0 Å². The van der Waals surface area contributed by atoms with E-state index in [9.17, 15) is 14.4 Å². The summed E-state index contributed by atoms with van der Waals surface area (Å²) in [4.78, 5) is 38.8. The Morgan fingerprint density at radius 1 is 1.06 bits per heavy atom. The number of nitrogens with zero attached hydrogens (tertiary/aromatic N) is 3. The first-order valence-electron chi connectivity index (χ1n) is 10.2. The maximum absolute atomic E-state index is 13.0. The highest BCUT2D eigenvalue weighted by Crippen LogP contribution is 2.23. The van der Waals surface area contributed by atoms with E-state index in [0.717, 1.165) is 12.0 Å². The van der Waals surface area contributed by atoms with Crippen LogP contribution in [0.15, 0.2) is 71.5 Å². The number of rotatable bonds is 7. The van der Waals surface area contributed by atoms with E-state index >= 15 is 0 Å². The van der Waals surface area contributed by atoms with Crippen molar-refractivity contribution in [2.45, 2.75) is 32.9 Å². The summed E-state index contributed by atoms with van der Waals surface area (Å²) < 4.78 is 1.31. The van der Waals surface area contributed by atoms with Gasteiger partial charge in [-0.15, -0.1) is 0 Å². The van der Waals surface area contributed by atoms with Gasteiger partial charge in [0.05, 0.1) is 6.04 Å². The van der Waals surface area contributed by atoms with Gasteiger partial charge in [0.15, 0.2) is 0 Å².